The number of anilines is 2. The second-order valence-electron chi connectivity index (χ2n) is 8.39. The maximum absolute atomic E-state index is 13.0. The summed E-state index contributed by atoms with van der Waals surface area (Å²) < 4.78 is 6.27. The van der Waals surface area contributed by atoms with Crippen LogP contribution in [0.1, 0.15) is 41.4 Å². The Kier molecular flexibility index (Phi) is 6.09. The fourth-order valence-corrected chi connectivity index (χ4v) is 4.25. The maximum atomic E-state index is 13.0. The lowest BCUT2D eigenvalue weighted by molar-refractivity contribution is -0.129. The largest absolute Gasteiger partial charge is 0.478 e. The van der Waals surface area contributed by atoms with Crippen LogP contribution in [0.15, 0.2) is 51.7 Å². The van der Waals surface area contributed by atoms with E-state index < -0.39 is 5.97 Å². The number of benzene rings is 2. The number of piperazine rings is 1. The SMILES string of the molecule is CC(=O)N1CCN(c2cc(=O)c3cc(C)cc([C@@H](C)Nc4ccccc4C(=O)O)c3o2)CC1. The smallest absolute Gasteiger partial charge is 0.337 e. The van der Waals surface area contributed by atoms with Crippen molar-refractivity contribution in [1.82, 2.24) is 4.90 Å². The van der Waals surface area contributed by atoms with Crippen LogP contribution in [0, 0.1) is 6.92 Å². The molecule has 8 heteroatoms. The predicted octanol–water partition coefficient (Wildman–Crippen LogP) is 3.64. The zero-order valence-corrected chi connectivity index (χ0v) is 18.9. The highest BCUT2D eigenvalue weighted by atomic mass is 16.4. The Morgan fingerprint density at radius 2 is 1.79 bits per heavy atom. The normalized spacial score (nSPS) is 14.9. The van der Waals surface area contributed by atoms with Gasteiger partial charge in [-0.15, -0.1) is 0 Å². The fraction of sp³-hybridized carbons (Fsp3) is 0.320. The molecule has 1 fully saturated rings. The van der Waals surface area contributed by atoms with Gasteiger partial charge in [-0.2, -0.15) is 0 Å². The van der Waals surface area contributed by atoms with Gasteiger partial charge in [0.2, 0.25) is 5.91 Å². The molecule has 1 atom stereocenters. The topological polar surface area (TPSA) is 103 Å². The second-order valence-corrected chi connectivity index (χ2v) is 8.39. The van der Waals surface area contributed by atoms with E-state index >= 15 is 0 Å². The van der Waals surface area contributed by atoms with Crippen LogP contribution in [-0.2, 0) is 4.79 Å². The van der Waals surface area contributed by atoms with Crippen molar-refractivity contribution >= 4 is 34.4 Å². The van der Waals surface area contributed by atoms with Crippen LogP contribution in [-0.4, -0.2) is 48.1 Å². The van der Waals surface area contributed by atoms with E-state index in [-0.39, 0.29) is 22.9 Å². The first-order valence-electron chi connectivity index (χ1n) is 10.9. The van der Waals surface area contributed by atoms with Crippen LogP contribution in [0.4, 0.5) is 11.6 Å². The zero-order chi connectivity index (χ0) is 23.7. The van der Waals surface area contributed by atoms with Crippen molar-refractivity contribution in [2.75, 3.05) is 36.4 Å². The highest BCUT2D eigenvalue weighted by Crippen LogP contribution is 2.31. The molecule has 2 N–H and O–H groups in total. The van der Waals surface area contributed by atoms with Crippen molar-refractivity contribution in [2.24, 2.45) is 0 Å². The molecule has 0 saturated carbocycles. The van der Waals surface area contributed by atoms with Gasteiger partial charge in [-0.05, 0) is 37.6 Å². The molecular weight excluding hydrogens is 422 g/mol. The quantitative estimate of drug-likeness (QED) is 0.613. The lowest BCUT2D eigenvalue weighted by Gasteiger charge is -2.34. The molecule has 1 aliphatic heterocycles. The molecule has 0 aliphatic carbocycles. The summed E-state index contributed by atoms with van der Waals surface area (Å²) in [4.78, 5) is 40.0. The van der Waals surface area contributed by atoms with Gasteiger partial charge in [0.15, 0.2) is 11.3 Å². The minimum absolute atomic E-state index is 0.0360. The number of para-hydroxylation sites is 1. The second kappa shape index (κ2) is 8.97. The van der Waals surface area contributed by atoms with E-state index in [1.165, 1.54) is 6.07 Å². The van der Waals surface area contributed by atoms with Crippen LogP contribution >= 0.6 is 0 Å². The standard InChI is InChI=1S/C25H27N3O5/c1-15-12-19(16(2)26-21-7-5-4-6-18(21)25(31)32)24-20(13-15)22(30)14-23(33-24)28-10-8-27(9-11-28)17(3)29/h4-7,12-14,16,26H,8-11H2,1-3H3,(H,31,32)/t16-/m1/s1. The average molecular weight is 450 g/mol. The van der Waals surface area contributed by atoms with Gasteiger partial charge in [0.1, 0.15) is 5.58 Å². The predicted molar refractivity (Wildman–Crippen MR) is 127 cm³/mol. The molecule has 33 heavy (non-hydrogen) atoms. The summed E-state index contributed by atoms with van der Waals surface area (Å²) in [5, 5.41) is 13.3. The number of hydrogen-bond acceptors (Lipinski definition) is 6. The Morgan fingerprint density at radius 1 is 1.09 bits per heavy atom. The van der Waals surface area contributed by atoms with Crippen molar-refractivity contribution in [3.8, 4) is 0 Å². The van der Waals surface area contributed by atoms with Crippen molar-refractivity contribution < 1.29 is 19.1 Å². The first-order valence-corrected chi connectivity index (χ1v) is 10.9. The van der Waals surface area contributed by atoms with Crippen LogP contribution in [0.25, 0.3) is 11.0 Å². The Morgan fingerprint density at radius 3 is 2.45 bits per heavy atom. The molecule has 0 unspecified atom stereocenters. The van der Waals surface area contributed by atoms with E-state index in [9.17, 15) is 19.5 Å². The molecule has 0 spiro atoms. The number of carbonyl (C=O) groups is 2. The van der Waals surface area contributed by atoms with Crippen molar-refractivity contribution in [2.45, 2.75) is 26.8 Å². The third kappa shape index (κ3) is 4.55. The number of hydrogen-bond donors (Lipinski definition) is 2. The summed E-state index contributed by atoms with van der Waals surface area (Å²) in [5.41, 5.74) is 2.69. The number of carboxylic acid groups (broad SMARTS) is 1. The Bertz CT molecular complexity index is 1270. The summed E-state index contributed by atoms with van der Waals surface area (Å²) in [5.74, 6) is -0.509. The number of rotatable bonds is 5. The van der Waals surface area contributed by atoms with E-state index in [0.717, 1.165) is 11.1 Å². The number of amides is 1. The molecule has 2 heterocycles. The van der Waals surface area contributed by atoms with Gasteiger partial charge in [-0.1, -0.05) is 18.2 Å². The molecule has 4 rings (SSSR count). The minimum atomic E-state index is -1.02. The van der Waals surface area contributed by atoms with Crippen LogP contribution < -0.4 is 15.6 Å². The Labute approximate surface area is 191 Å². The molecule has 1 aliphatic rings. The molecule has 3 aromatic rings. The first kappa shape index (κ1) is 22.4. The highest BCUT2D eigenvalue weighted by Gasteiger charge is 2.23. The lowest BCUT2D eigenvalue weighted by atomic mass is 10.0. The fourth-order valence-electron chi connectivity index (χ4n) is 4.25. The number of aryl methyl sites for hydroxylation is 1. The molecule has 2 aromatic carbocycles. The number of carbonyl (C=O) groups excluding carboxylic acids is 1. The third-order valence-electron chi connectivity index (χ3n) is 6.02. The average Bonchev–Trinajstić information content (AvgIpc) is 2.79. The molecule has 0 bridgehead atoms. The molecule has 1 amide bonds. The number of aromatic carboxylic acids is 1. The minimum Gasteiger partial charge on any atom is -0.478 e. The molecular formula is C25H27N3O5. The molecule has 8 nitrogen and oxygen atoms in total. The Hall–Kier alpha value is -3.81. The van der Waals surface area contributed by atoms with E-state index in [2.05, 4.69) is 5.32 Å². The first-order chi connectivity index (χ1) is 15.7. The van der Waals surface area contributed by atoms with Crippen LogP contribution in [0.3, 0.4) is 0 Å². The summed E-state index contributed by atoms with van der Waals surface area (Å²) in [7, 11) is 0. The number of carboxylic acids is 1. The van der Waals surface area contributed by atoms with Gasteiger partial charge >= 0.3 is 5.97 Å². The molecule has 1 aromatic heterocycles. The van der Waals surface area contributed by atoms with Crippen LogP contribution in [0.2, 0.25) is 0 Å². The van der Waals surface area contributed by atoms with E-state index in [1.54, 1.807) is 42.2 Å². The van der Waals surface area contributed by atoms with E-state index in [1.807, 2.05) is 24.8 Å². The maximum Gasteiger partial charge on any atom is 0.337 e. The van der Waals surface area contributed by atoms with E-state index in [0.29, 0.717) is 48.7 Å². The summed E-state index contributed by atoms with van der Waals surface area (Å²) in [6.45, 7) is 7.67. The summed E-state index contributed by atoms with van der Waals surface area (Å²) in [6.07, 6.45) is 0. The van der Waals surface area contributed by atoms with Crippen molar-refractivity contribution in [3.05, 3.63) is 69.4 Å². The van der Waals surface area contributed by atoms with Crippen molar-refractivity contribution in [3.63, 3.8) is 0 Å². The van der Waals surface area contributed by atoms with E-state index in [4.69, 9.17) is 4.42 Å². The van der Waals surface area contributed by atoms with Gasteiger partial charge in [-0.25, -0.2) is 4.79 Å². The lowest BCUT2D eigenvalue weighted by Crippen LogP contribution is -2.48. The van der Waals surface area contributed by atoms with Gasteiger partial charge in [0.25, 0.3) is 0 Å². The number of fused-ring (bicyclic) bond motifs is 1. The summed E-state index contributed by atoms with van der Waals surface area (Å²) in [6, 6.07) is 11.7. The molecule has 0 radical (unpaired) electrons. The van der Waals surface area contributed by atoms with Crippen LogP contribution in [0.5, 0.6) is 0 Å². The third-order valence-corrected chi connectivity index (χ3v) is 6.02. The number of nitrogens with zero attached hydrogens (tertiary/aromatic N) is 2. The highest BCUT2D eigenvalue weighted by molar-refractivity contribution is 5.94. The van der Waals surface area contributed by atoms with Gasteiger partial charge < -0.3 is 24.6 Å². The number of nitrogens with one attached hydrogen (secondary N) is 1. The van der Waals surface area contributed by atoms with Gasteiger partial charge in [-0.3, -0.25) is 9.59 Å². The summed E-state index contributed by atoms with van der Waals surface area (Å²) >= 11 is 0. The molecule has 1 saturated heterocycles. The monoisotopic (exact) mass is 449 g/mol. The Balaban J connectivity index is 1.72. The van der Waals surface area contributed by atoms with Crippen molar-refractivity contribution in [1.29, 1.82) is 0 Å². The van der Waals surface area contributed by atoms with Gasteiger partial charge in [0.05, 0.1) is 17.0 Å². The van der Waals surface area contributed by atoms with Gasteiger partial charge in [0, 0.05) is 50.4 Å². The molecule has 172 valence electrons. The zero-order valence-electron chi connectivity index (χ0n) is 18.9.